The zero-order valence-electron chi connectivity index (χ0n) is 10.5. The van der Waals surface area contributed by atoms with Crippen LogP contribution in [-0.4, -0.2) is 23.1 Å². The summed E-state index contributed by atoms with van der Waals surface area (Å²) < 4.78 is 0. The van der Waals surface area contributed by atoms with E-state index in [1.165, 1.54) is 0 Å². The van der Waals surface area contributed by atoms with Gasteiger partial charge in [-0.15, -0.1) is 12.3 Å². The van der Waals surface area contributed by atoms with Gasteiger partial charge >= 0.3 is 23.1 Å². The fraction of sp³-hybridized carbons (Fsp3) is 0.538. The molecule has 0 radical (unpaired) electrons. The van der Waals surface area contributed by atoms with E-state index in [2.05, 4.69) is 26.5 Å². The molecule has 0 atom stereocenters. The molecule has 3 heteroatoms. The molecule has 0 aromatic carbocycles. The molecule has 0 aromatic heterocycles. The summed E-state index contributed by atoms with van der Waals surface area (Å²) in [5.41, 5.74) is 2.20. The van der Waals surface area contributed by atoms with Crippen molar-refractivity contribution < 1.29 is 17.5 Å². The molecule has 0 amide bonds. The van der Waals surface area contributed by atoms with Gasteiger partial charge in [0, 0.05) is 0 Å². The van der Waals surface area contributed by atoms with Crippen LogP contribution in [0.1, 0.15) is 40.0 Å². The van der Waals surface area contributed by atoms with Gasteiger partial charge in [0.05, 0.1) is 0 Å². The van der Waals surface area contributed by atoms with Crippen LogP contribution >= 0.6 is 0 Å². The largest absolute Gasteiger partial charge is 2.00 e. The Balaban J connectivity index is 0. The first-order valence-corrected chi connectivity index (χ1v) is 5.17. The summed E-state index contributed by atoms with van der Waals surface area (Å²) in [5, 5.41) is 11.9. The monoisotopic (exact) mass is 250 g/mol. The van der Waals surface area contributed by atoms with Crippen LogP contribution in [0.2, 0.25) is 0 Å². The van der Waals surface area contributed by atoms with Gasteiger partial charge in [-0.25, -0.2) is 0 Å². The van der Waals surface area contributed by atoms with Gasteiger partial charge in [-0.05, 0) is 31.6 Å². The third kappa shape index (κ3) is 4.15. The van der Waals surface area contributed by atoms with Crippen molar-refractivity contribution in [1.82, 2.24) is 0 Å². The summed E-state index contributed by atoms with van der Waals surface area (Å²) in [6, 6.07) is 0. The molecule has 86 valence electrons. The fourth-order valence-corrected chi connectivity index (χ4v) is 2.24. The Labute approximate surface area is 121 Å². The van der Waals surface area contributed by atoms with Gasteiger partial charge in [0.1, 0.15) is 0 Å². The molecule has 0 unspecified atom stereocenters. The van der Waals surface area contributed by atoms with E-state index in [0.29, 0.717) is 6.42 Å². The molecule has 1 aliphatic carbocycles. The smallest absolute Gasteiger partial charge is 1.00 e. The van der Waals surface area contributed by atoms with Crippen LogP contribution in [0.5, 0.6) is 0 Å². The second kappa shape index (κ2) is 7.41. The van der Waals surface area contributed by atoms with Gasteiger partial charge in [-0.2, -0.15) is 0 Å². The zero-order chi connectivity index (χ0) is 10.8. The van der Waals surface area contributed by atoms with E-state index in [9.17, 15) is 5.11 Å². The Kier molecular flexibility index (Phi) is 8.54. The van der Waals surface area contributed by atoms with E-state index in [4.69, 9.17) is 0 Å². The second-order valence-electron chi connectivity index (χ2n) is 4.60. The van der Waals surface area contributed by atoms with Crippen LogP contribution in [0.25, 0.3) is 0 Å². The summed E-state index contributed by atoms with van der Waals surface area (Å²) >= 11 is 0. The molecule has 16 heavy (non-hydrogen) atoms. The molecule has 1 aliphatic rings. The SMILES string of the molecule is C=CC/C([O-])=C1\C(C)=CCCC1(C)C.[Cl-].[Mg+2]. The molecule has 0 aromatic rings. The Morgan fingerprint density at radius 1 is 1.56 bits per heavy atom. The molecule has 0 saturated heterocycles. The van der Waals surface area contributed by atoms with Gasteiger partial charge in [0.25, 0.3) is 0 Å². The number of hydrogen-bond donors (Lipinski definition) is 0. The molecule has 0 spiro atoms. The van der Waals surface area contributed by atoms with Crippen molar-refractivity contribution in [2.75, 3.05) is 0 Å². The van der Waals surface area contributed by atoms with Crippen molar-refractivity contribution in [3.05, 3.63) is 35.6 Å². The molecule has 0 fully saturated rings. The minimum Gasteiger partial charge on any atom is -1.00 e. The van der Waals surface area contributed by atoms with Gasteiger partial charge in [-0.1, -0.05) is 37.1 Å². The molecule has 1 rings (SSSR count). The summed E-state index contributed by atoms with van der Waals surface area (Å²) in [4.78, 5) is 0. The van der Waals surface area contributed by atoms with E-state index in [1.54, 1.807) is 6.08 Å². The minimum atomic E-state index is 0. The normalized spacial score (nSPS) is 21.1. The zero-order valence-corrected chi connectivity index (χ0v) is 12.6. The maximum absolute atomic E-state index is 11.9. The van der Waals surface area contributed by atoms with E-state index in [-0.39, 0.29) is 46.6 Å². The van der Waals surface area contributed by atoms with E-state index in [0.717, 1.165) is 24.0 Å². The molecular formula is C13H19ClMgO. The first-order chi connectivity index (χ1) is 6.49. The predicted molar refractivity (Wildman–Crippen MR) is 64.4 cm³/mol. The van der Waals surface area contributed by atoms with Gasteiger partial charge in [0.15, 0.2) is 0 Å². The van der Waals surface area contributed by atoms with Crippen LogP contribution in [-0.2, 0) is 0 Å². The van der Waals surface area contributed by atoms with Crippen molar-refractivity contribution in [1.29, 1.82) is 0 Å². The summed E-state index contributed by atoms with van der Waals surface area (Å²) in [5.74, 6) is 0.235. The van der Waals surface area contributed by atoms with E-state index >= 15 is 0 Å². The number of allylic oxidation sites excluding steroid dienone is 4. The third-order valence-electron chi connectivity index (χ3n) is 2.90. The van der Waals surface area contributed by atoms with Crippen LogP contribution < -0.4 is 17.5 Å². The van der Waals surface area contributed by atoms with Gasteiger partial charge in [-0.3, -0.25) is 0 Å². The standard InChI is InChI=1S/C13H20O.ClH.Mg/c1-5-7-11(14)12-10(2)8-6-9-13(12,3)4;;/h5,8,14H,1,6-7,9H2,2-4H3;1H;/q;;+2/p-2/b12-11-;;. The topological polar surface area (TPSA) is 23.1 Å². The first kappa shape index (κ1) is 18.4. The summed E-state index contributed by atoms with van der Waals surface area (Å²) in [6.45, 7) is 9.96. The first-order valence-electron chi connectivity index (χ1n) is 5.17. The van der Waals surface area contributed by atoms with Crippen LogP contribution in [0.4, 0.5) is 0 Å². The summed E-state index contributed by atoms with van der Waals surface area (Å²) in [6.07, 6.45) is 6.48. The maximum atomic E-state index is 11.9. The molecule has 0 saturated carbocycles. The number of halogens is 1. The number of rotatable bonds is 2. The maximum Gasteiger partial charge on any atom is 2.00 e. The third-order valence-corrected chi connectivity index (χ3v) is 2.90. The molecule has 0 bridgehead atoms. The predicted octanol–water partition coefficient (Wildman–Crippen LogP) is -0.434. The average Bonchev–Trinajstić information content (AvgIpc) is 2.02. The molecule has 1 nitrogen and oxygen atoms in total. The quantitative estimate of drug-likeness (QED) is 0.371. The summed E-state index contributed by atoms with van der Waals surface area (Å²) in [7, 11) is 0. The molecular weight excluding hydrogens is 232 g/mol. The Morgan fingerprint density at radius 3 is 2.56 bits per heavy atom. The van der Waals surface area contributed by atoms with Gasteiger partial charge < -0.3 is 17.5 Å². The number of hydrogen-bond acceptors (Lipinski definition) is 1. The van der Waals surface area contributed by atoms with E-state index in [1.807, 2.05) is 6.92 Å². The van der Waals surface area contributed by atoms with Crippen LogP contribution in [0.15, 0.2) is 35.6 Å². The molecule has 0 heterocycles. The Morgan fingerprint density at radius 2 is 2.12 bits per heavy atom. The van der Waals surface area contributed by atoms with Crippen molar-refractivity contribution >= 4 is 23.1 Å². The molecule has 0 N–H and O–H groups in total. The Bertz CT molecular complexity index is 303. The fourth-order valence-electron chi connectivity index (χ4n) is 2.24. The van der Waals surface area contributed by atoms with E-state index < -0.39 is 0 Å². The van der Waals surface area contributed by atoms with Crippen molar-refractivity contribution in [2.45, 2.75) is 40.0 Å². The van der Waals surface area contributed by atoms with Crippen molar-refractivity contribution in [3.8, 4) is 0 Å². The Hall–Kier alpha value is 0.0762. The van der Waals surface area contributed by atoms with Gasteiger partial charge in [0.2, 0.25) is 0 Å². The van der Waals surface area contributed by atoms with Crippen LogP contribution in [0.3, 0.4) is 0 Å². The minimum absolute atomic E-state index is 0. The van der Waals surface area contributed by atoms with Crippen LogP contribution in [0, 0.1) is 5.41 Å². The second-order valence-corrected chi connectivity index (χ2v) is 4.60. The average molecular weight is 251 g/mol. The molecule has 0 aliphatic heterocycles. The van der Waals surface area contributed by atoms with Crippen molar-refractivity contribution in [2.24, 2.45) is 5.41 Å². The van der Waals surface area contributed by atoms with Crippen molar-refractivity contribution in [3.63, 3.8) is 0 Å².